The van der Waals surface area contributed by atoms with Crippen LogP contribution >= 0.6 is 22.6 Å². The molecule has 0 spiro atoms. The molecule has 0 aromatic carbocycles. The number of methoxy groups -OCH3 is 1. The van der Waals surface area contributed by atoms with Gasteiger partial charge < -0.3 is 38.6 Å². The number of fused-ring (bicyclic) bond motifs is 2. The largest absolute Gasteiger partial charge is 0.387 e. The molecule has 4 fully saturated rings. The molecule has 20 heavy (non-hydrogen) atoms. The van der Waals surface area contributed by atoms with Gasteiger partial charge in [-0.1, -0.05) is 0 Å². The molecular formula is C11H15IO8. The van der Waals surface area contributed by atoms with Crippen molar-refractivity contribution in [3.63, 3.8) is 0 Å². The molecule has 0 aliphatic carbocycles. The number of hydrogen-bond donors (Lipinski definition) is 2. The molecule has 4 heterocycles. The number of ether oxygens (including phenoxy) is 6. The van der Waals surface area contributed by atoms with Crippen LogP contribution < -0.4 is 0 Å². The summed E-state index contributed by atoms with van der Waals surface area (Å²) in [5, 5.41) is 20.2. The van der Waals surface area contributed by atoms with E-state index in [2.05, 4.69) is 0 Å². The molecule has 4 aliphatic heterocycles. The minimum Gasteiger partial charge on any atom is -0.387 e. The quantitative estimate of drug-likeness (QED) is 0.342. The van der Waals surface area contributed by atoms with Crippen LogP contribution in [0.4, 0.5) is 0 Å². The van der Waals surface area contributed by atoms with E-state index in [1.807, 2.05) is 22.6 Å². The van der Waals surface area contributed by atoms with Crippen molar-refractivity contribution in [1.29, 1.82) is 0 Å². The normalized spacial score (nSPS) is 60.6. The topological polar surface area (TPSA) is 102 Å². The summed E-state index contributed by atoms with van der Waals surface area (Å²) in [4.78, 5) is 0. The van der Waals surface area contributed by atoms with Gasteiger partial charge in [-0.2, -0.15) is 0 Å². The van der Waals surface area contributed by atoms with Gasteiger partial charge in [-0.15, -0.1) is 0 Å². The summed E-state index contributed by atoms with van der Waals surface area (Å²) in [6.45, 7) is 0. The Morgan fingerprint density at radius 3 is 2.15 bits per heavy atom. The lowest BCUT2D eigenvalue weighted by molar-refractivity contribution is -0.285. The highest BCUT2D eigenvalue weighted by atomic mass is 127. The summed E-state index contributed by atoms with van der Waals surface area (Å²) in [7, 11) is 1.46. The van der Waals surface area contributed by atoms with Crippen LogP contribution in [0.1, 0.15) is 0 Å². The lowest BCUT2D eigenvalue weighted by Gasteiger charge is -2.37. The SMILES string of the molecule is COC1C(OC2C(O)C3OC3O[C@H]2I)OC2OC2C1O. The van der Waals surface area contributed by atoms with Crippen LogP contribution in [0, 0.1) is 0 Å². The summed E-state index contributed by atoms with van der Waals surface area (Å²) >= 11 is 2.03. The number of halogens is 1. The number of aliphatic hydroxyl groups excluding tert-OH is 2. The Labute approximate surface area is 128 Å². The monoisotopic (exact) mass is 402 g/mol. The van der Waals surface area contributed by atoms with Crippen molar-refractivity contribution >= 4 is 22.6 Å². The lowest BCUT2D eigenvalue weighted by atomic mass is 10.1. The number of hydrogen-bond acceptors (Lipinski definition) is 8. The van der Waals surface area contributed by atoms with Gasteiger partial charge in [0.25, 0.3) is 0 Å². The molecule has 114 valence electrons. The Kier molecular flexibility index (Phi) is 3.48. The fraction of sp³-hybridized carbons (Fsp3) is 1.00. The first kappa shape index (κ1) is 14.0. The summed E-state index contributed by atoms with van der Waals surface area (Å²) in [5.74, 6) is 0. The van der Waals surface area contributed by atoms with E-state index >= 15 is 0 Å². The van der Waals surface area contributed by atoms with E-state index in [4.69, 9.17) is 28.4 Å². The van der Waals surface area contributed by atoms with E-state index in [-0.39, 0.29) is 22.6 Å². The highest BCUT2D eigenvalue weighted by Gasteiger charge is 2.61. The molecule has 2 N–H and O–H groups in total. The van der Waals surface area contributed by atoms with E-state index < -0.39 is 37.0 Å². The maximum Gasteiger partial charge on any atom is 0.190 e. The maximum atomic E-state index is 10.2. The Bertz CT molecular complexity index is 397. The number of epoxide rings is 2. The van der Waals surface area contributed by atoms with Crippen molar-refractivity contribution in [3.05, 3.63) is 0 Å². The van der Waals surface area contributed by atoms with Crippen molar-refractivity contribution < 1.29 is 38.6 Å². The zero-order chi connectivity index (χ0) is 14.0. The highest BCUT2D eigenvalue weighted by molar-refractivity contribution is 14.1. The molecule has 10 atom stereocenters. The van der Waals surface area contributed by atoms with Crippen molar-refractivity contribution in [1.82, 2.24) is 0 Å². The van der Waals surface area contributed by atoms with E-state index in [0.717, 1.165) is 0 Å². The van der Waals surface area contributed by atoms with Crippen molar-refractivity contribution in [2.45, 2.75) is 59.6 Å². The fourth-order valence-corrected chi connectivity index (χ4v) is 3.57. The molecule has 0 bridgehead atoms. The molecule has 8 nitrogen and oxygen atoms in total. The van der Waals surface area contributed by atoms with Gasteiger partial charge in [-0.3, -0.25) is 0 Å². The third-order valence-electron chi connectivity index (χ3n) is 3.93. The van der Waals surface area contributed by atoms with E-state index in [9.17, 15) is 10.2 Å². The van der Waals surface area contributed by atoms with Crippen LogP contribution in [0.5, 0.6) is 0 Å². The van der Waals surface area contributed by atoms with Crippen molar-refractivity contribution in [3.8, 4) is 0 Å². The summed E-state index contributed by atoms with van der Waals surface area (Å²) < 4.78 is 32.0. The molecule has 0 saturated carbocycles. The molecule has 4 saturated heterocycles. The third kappa shape index (κ3) is 2.20. The average Bonchev–Trinajstić information content (AvgIpc) is 3.28. The Hall–Kier alpha value is 0.410. The zero-order valence-corrected chi connectivity index (χ0v) is 12.7. The van der Waals surface area contributed by atoms with Crippen LogP contribution in [0.2, 0.25) is 0 Å². The first-order chi connectivity index (χ1) is 9.60. The summed E-state index contributed by atoms with van der Waals surface area (Å²) in [5.41, 5.74) is 0. The molecule has 0 radical (unpaired) electrons. The molecule has 9 heteroatoms. The van der Waals surface area contributed by atoms with Gasteiger partial charge in [0.1, 0.15) is 40.7 Å². The fourth-order valence-electron chi connectivity index (χ4n) is 2.68. The van der Waals surface area contributed by atoms with Crippen LogP contribution in [-0.4, -0.2) is 76.9 Å². The minimum absolute atomic E-state index is 0.348. The average molecular weight is 402 g/mol. The Morgan fingerprint density at radius 1 is 0.900 bits per heavy atom. The van der Waals surface area contributed by atoms with Crippen LogP contribution in [0.15, 0.2) is 0 Å². The van der Waals surface area contributed by atoms with Gasteiger partial charge in [0.15, 0.2) is 18.9 Å². The molecule has 0 amide bonds. The molecule has 0 aromatic rings. The second-order valence-electron chi connectivity index (χ2n) is 5.21. The van der Waals surface area contributed by atoms with Crippen molar-refractivity contribution in [2.24, 2.45) is 0 Å². The van der Waals surface area contributed by atoms with Gasteiger partial charge in [0.2, 0.25) is 0 Å². The predicted molar refractivity (Wildman–Crippen MR) is 68.8 cm³/mol. The smallest absolute Gasteiger partial charge is 0.190 e. The van der Waals surface area contributed by atoms with Crippen LogP contribution in [0.3, 0.4) is 0 Å². The van der Waals surface area contributed by atoms with Crippen LogP contribution in [-0.2, 0) is 28.4 Å². The van der Waals surface area contributed by atoms with Crippen LogP contribution in [0.25, 0.3) is 0 Å². The molecule has 4 rings (SSSR count). The lowest BCUT2D eigenvalue weighted by Crippen LogP contribution is -2.55. The van der Waals surface area contributed by atoms with Gasteiger partial charge in [-0.05, 0) is 22.6 Å². The van der Waals surface area contributed by atoms with Gasteiger partial charge in [0, 0.05) is 7.11 Å². The maximum absolute atomic E-state index is 10.2. The third-order valence-corrected chi connectivity index (χ3v) is 4.94. The van der Waals surface area contributed by atoms with Gasteiger partial charge >= 0.3 is 0 Å². The number of rotatable bonds is 3. The number of aliphatic hydroxyl groups is 2. The highest BCUT2D eigenvalue weighted by Crippen LogP contribution is 2.42. The first-order valence-corrected chi connectivity index (χ1v) is 7.65. The molecule has 9 unspecified atom stereocenters. The minimum atomic E-state index is -0.824. The molecule has 4 aliphatic rings. The number of alkyl halides is 1. The van der Waals surface area contributed by atoms with Gasteiger partial charge in [0.05, 0.1) is 0 Å². The summed E-state index contributed by atoms with van der Waals surface area (Å²) in [6.07, 6.45) is -5.27. The molecular weight excluding hydrogens is 387 g/mol. The first-order valence-electron chi connectivity index (χ1n) is 6.40. The zero-order valence-electron chi connectivity index (χ0n) is 10.5. The second-order valence-corrected chi connectivity index (χ2v) is 6.44. The van der Waals surface area contributed by atoms with E-state index in [0.29, 0.717) is 0 Å². The summed E-state index contributed by atoms with van der Waals surface area (Å²) in [6, 6.07) is 0. The predicted octanol–water partition coefficient (Wildman–Crippen LogP) is -1.29. The van der Waals surface area contributed by atoms with Crippen molar-refractivity contribution in [2.75, 3.05) is 7.11 Å². The van der Waals surface area contributed by atoms with E-state index in [1.165, 1.54) is 7.11 Å². The van der Waals surface area contributed by atoms with E-state index in [1.54, 1.807) is 0 Å². The molecule has 0 aromatic heterocycles. The van der Waals surface area contributed by atoms with Gasteiger partial charge in [-0.25, -0.2) is 0 Å². The Balaban J connectivity index is 1.46. The Morgan fingerprint density at radius 2 is 1.50 bits per heavy atom. The second kappa shape index (κ2) is 4.96. The standard InChI is InChI=1S/C11H15IO8/c1-15-5-3(14)7-11(18-7)20-9(5)16-4-2(13)6-10(17-6)19-8(4)12/h2-11,13-14H,1H3/t2?,3?,4?,5?,6?,7?,8-,9?,10?,11?/m1/s1.